The Morgan fingerprint density at radius 2 is 1.70 bits per heavy atom. The second-order valence-electron chi connectivity index (χ2n) is 9.49. The second-order valence-corrected chi connectivity index (χ2v) is 9.49. The van der Waals surface area contributed by atoms with Crippen molar-refractivity contribution in [2.45, 2.75) is 12.5 Å². The number of carbonyl (C=O) groups excluding carboxylic acids is 3. The van der Waals surface area contributed by atoms with Crippen LogP contribution in [0.2, 0.25) is 0 Å². The Morgan fingerprint density at radius 1 is 0.973 bits per heavy atom. The molecule has 0 bridgehead atoms. The van der Waals surface area contributed by atoms with E-state index in [0.29, 0.717) is 56.4 Å². The zero-order valence-corrected chi connectivity index (χ0v) is 19.9. The summed E-state index contributed by atoms with van der Waals surface area (Å²) in [7, 11) is 0. The number of hydrogen-bond donors (Lipinski definition) is 1. The third-order valence-corrected chi connectivity index (χ3v) is 7.63. The SMILES string of the molecule is O=C1NC(=O)[C@]2(Cc3cc([N+](=O)[O-])c(N4CCOCC4)cc3N3CCOC[C@H]32)C(=O)N1c1ccccc1. The summed E-state index contributed by atoms with van der Waals surface area (Å²) in [5, 5.41) is 14.5. The molecule has 0 aliphatic carbocycles. The molecular weight excluding hydrogens is 482 g/mol. The highest BCUT2D eigenvalue weighted by atomic mass is 16.6. The molecule has 2 aromatic carbocycles. The topological polar surface area (TPSA) is 135 Å². The molecule has 3 saturated heterocycles. The van der Waals surface area contributed by atoms with Crippen molar-refractivity contribution in [1.82, 2.24) is 5.32 Å². The van der Waals surface area contributed by atoms with E-state index in [-0.39, 0.29) is 18.7 Å². The van der Waals surface area contributed by atoms with Gasteiger partial charge in [0, 0.05) is 37.8 Å². The third-order valence-electron chi connectivity index (χ3n) is 7.63. The summed E-state index contributed by atoms with van der Waals surface area (Å²) in [5.41, 5.74) is 0.254. The zero-order valence-electron chi connectivity index (χ0n) is 19.9. The lowest BCUT2D eigenvalue weighted by Crippen LogP contribution is -2.74. The molecule has 2 atom stereocenters. The minimum atomic E-state index is -1.70. The van der Waals surface area contributed by atoms with Crippen LogP contribution in [0.5, 0.6) is 0 Å². The van der Waals surface area contributed by atoms with Gasteiger partial charge in [0.25, 0.3) is 11.6 Å². The summed E-state index contributed by atoms with van der Waals surface area (Å²) in [6, 6.07) is 10.1. The highest BCUT2D eigenvalue weighted by Gasteiger charge is 2.63. The Morgan fingerprint density at radius 3 is 2.43 bits per heavy atom. The maximum atomic E-state index is 14.1. The van der Waals surface area contributed by atoms with Gasteiger partial charge in [0.05, 0.1) is 43.1 Å². The first-order valence-corrected chi connectivity index (χ1v) is 12.2. The minimum absolute atomic E-state index is 0.0952. The first kappa shape index (κ1) is 23.4. The highest BCUT2D eigenvalue weighted by molar-refractivity contribution is 6.30. The van der Waals surface area contributed by atoms with Crippen LogP contribution in [0.3, 0.4) is 0 Å². The van der Waals surface area contributed by atoms with E-state index >= 15 is 0 Å². The average Bonchev–Trinajstić information content (AvgIpc) is 2.92. The van der Waals surface area contributed by atoms with Gasteiger partial charge in [-0.3, -0.25) is 25.0 Å². The maximum Gasteiger partial charge on any atom is 0.335 e. The summed E-state index contributed by atoms with van der Waals surface area (Å²) in [6.45, 7) is 2.83. The Hall–Kier alpha value is -4.03. The number of nitrogens with one attached hydrogen (secondary N) is 1. The van der Waals surface area contributed by atoms with Crippen LogP contribution in [0.25, 0.3) is 0 Å². The van der Waals surface area contributed by atoms with Gasteiger partial charge in [0.2, 0.25) is 5.91 Å². The number of anilines is 3. The Kier molecular flexibility index (Phi) is 5.57. The summed E-state index contributed by atoms with van der Waals surface area (Å²) in [5.74, 6) is -1.39. The van der Waals surface area contributed by atoms with E-state index in [1.165, 1.54) is 6.07 Å². The van der Waals surface area contributed by atoms with Crippen molar-refractivity contribution >= 4 is 40.6 Å². The maximum absolute atomic E-state index is 14.1. The predicted octanol–water partition coefficient (Wildman–Crippen LogP) is 1.46. The molecule has 4 aliphatic rings. The lowest BCUT2D eigenvalue weighted by molar-refractivity contribution is -0.384. The van der Waals surface area contributed by atoms with E-state index in [0.717, 1.165) is 10.6 Å². The van der Waals surface area contributed by atoms with E-state index in [9.17, 15) is 24.5 Å². The molecule has 0 saturated carbocycles. The van der Waals surface area contributed by atoms with Crippen LogP contribution in [0.1, 0.15) is 5.56 Å². The summed E-state index contributed by atoms with van der Waals surface area (Å²) >= 11 is 0. The van der Waals surface area contributed by atoms with Crippen LogP contribution in [-0.2, 0) is 25.5 Å². The van der Waals surface area contributed by atoms with Crippen LogP contribution in [0.4, 0.5) is 27.5 Å². The van der Waals surface area contributed by atoms with Crippen molar-refractivity contribution in [1.29, 1.82) is 0 Å². The minimum Gasteiger partial charge on any atom is -0.378 e. The molecule has 1 N–H and O–H groups in total. The number of amides is 4. The number of imide groups is 2. The van der Waals surface area contributed by atoms with Gasteiger partial charge >= 0.3 is 6.03 Å². The van der Waals surface area contributed by atoms with Gasteiger partial charge in [-0.25, -0.2) is 9.69 Å². The zero-order chi connectivity index (χ0) is 25.7. The molecule has 4 heterocycles. The third kappa shape index (κ3) is 3.55. The molecule has 1 spiro atoms. The average molecular weight is 508 g/mol. The number of nitrogens with zero attached hydrogens (tertiary/aromatic N) is 4. The number of barbiturate groups is 1. The van der Waals surface area contributed by atoms with E-state index in [1.54, 1.807) is 36.4 Å². The molecule has 192 valence electrons. The summed E-state index contributed by atoms with van der Waals surface area (Å²) < 4.78 is 11.2. The van der Waals surface area contributed by atoms with Crippen molar-refractivity contribution in [3.05, 3.63) is 58.1 Å². The quantitative estimate of drug-likeness (QED) is 0.372. The van der Waals surface area contributed by atoms with Gasteiger partial charge in [-0.2, -0.15) is 0 Å². The molecule has 12 heteroatoms. The molecule has 4 amide bonds. The Balaban J connectivity index is 1.50. The monoisotopic (exact) mass is 507 g/mol. The number of hydrogen-bond acceptors (Lipinski definition) is 9. The van der Waals surface area contributed by atoms with E-state index in [1.807, 2.05) is 9.80 Å². The molecular formula is C25H25N5O7. The number of urea groups is 1. The molecule has 12 nitrogen and oxygen atoms in total. The van der Waals surface area contributed by atoms with E-state index in [2.05, 4.69) is 5.32 Å². The first-order chi connectivity index (χ1) is 17.9. The fraction of sp³-hybridized carbons (Fsp3) is 0.400. The number of ether oxygens (including phenoxy) is 2. The lowest BCUT2D eigenvalue weighted by Gasteiger charge is -2.53. The normalized spacial score (nSPS) is 25.6. The van der Waals surface area contributed by atoms with Crippen LogP contribution < -0.4 is 20.0 Å². The smallest absolute Gasteiger partial charge is 0.335 e. The van der Waals surface area contributed by atoms with Crippen molar-refractivity contribution < 1.29 is 28.8 Å². The van der Waals surface area contributed by atoms with Gasteiger partial charge in [-0.1, -0.05) is 18.2 Å². The fourth-order valence-electron chi connectivity index (χ4n) is 5.86. The molecule has 0 unspecified atom stereocenters. The number of nitro groups is 1. The van der Waals surface area contributed by atoms with E-state index < -0.39 is 34.2 Å². The number of rotatable bonds is 3. The summed E-state index contributed by atoms with van der Waals surface area (Å²) in [4.78, 5) is 57.0. The van der Waals surface area contributed by atoms with Gasteiger partial charge < -0.3 is 19.3 Å². The van der Waals surface area contributed by atoms with Gasteiger partial charge in [-0.15, -0.1) is 0 Å². The number of morpholine rings is 2. The highest BCUT2D eigenvalue weighted by Crippen LogP contribution is 2.49. The van der Waals surface area contributed by atoms with Crippen LogP contribution >= 0.6 is 0 Å². The Bertz CT molecular complexity index is 1300. The molecule has 0 radical (unpaired) electrons. The fourth-order valence-corrected chi connectivity index (χ4v) is 5.86. The predicted molar refractivity (Wildman–Crippen MR) is 132 cm³/mol. The Labute approximate surface area is 211 Å². The van der Waals surface area contributed by atoms with Crippen molar-refractivity contribution in [2.24, 2.45) is 5.41 Å². The van der Waals surface area contributed by atoms with Crippen molar-refractivity contribution in [2.75, 3.05) is 60.8 Å². The molecule has 37 heavy (non-hydrogen) atoms. The molecule has 2 aromatic rings. The second kappa shape index (κ2) is 8.82. The standard InChI is InChI=1S/C25H25N5O7/c31-22-25(23(32)29(24(33)26-22)17-4-2-1-3-5-17)14-16-12-20(30(34)35)19(27-6-9-36-10-7-27)13-18(16)28-8-11-37-15-21(25)28/h1-5,12-13,21H,6-11,14-15H2,(H,26,31,33)/t21-,25+/m0/s1. The number of benzene rings is 2. The number of nitro benzene ring substituents is 1. The van der Waals surface area contributed by atoms with Crippen LogP contribution in [0.15, 0.2) is 42.5 Å². The molecule has 0 aromatic heterocycles. The number of para-hydroxylation sites is 1. The number of fused-ring (bicyclic) bond motifs is 4. The number of carbonyl (C=O) groups is 3. The molecule has 6 rings (SSSR count). The van der Waals surface area contributed by atoms with Crippen LogP contribution in [0, 0.1) is 15.5 Å². The van der Waals surface area contributed by atoms with Crippen molar-refractivity contribution in [3.8, 4) is 0 Å². The van der Waals surface area contributed by atoms with Gasteiger partial charge in [-0.05, 0) is 23.8 Å². The largest absolute Gasteiger partial charge is 0.378 e. The van der Waals surface area contributed by atoms with Gasteiger partial charge in [0.15, 0.2) is 5.41 Å². The van der Waals surface area contributed by atoms with Gasteiger partial charge in [0.1, 0.15) is 5.69 Å². The van der Waals surface area contributed by atoms with Crippen LogP contribution in [-0.4, -0.2) is 74.9 Å². The van der Waals surface area contributed by atoms with Crippen molar-refractivity contribution in [3.63, 3.8) is 0 Å². The molecule has 3 fully saturated rings. The van der Waals surface area contributed by atoms with E-state index in [4.69, 9.17) is 9.47 Å². The summed E-state index contributed by atoms with van der Waals surface area (Å²) in [6.07, 6.45) is -0.0988. The lowest BCUT2D eigenvalue weighted by atomic mass is 9.68. The first-order valence-electron chi connectivity index (χ1n) is 12.2. The molecule has 4 aliphatic heterocycles.